The average molecular weight is 350 g/mol. The van der Waals surface area contributed by atoms with Crippen LogP contribution in [0.1, 0.15) is 38.0 Å². The van der Waals surface area contributed by atoms with Crippen LogP contribution in [0.25, 0.3) is 0 Å². The molecule has 1 aromatic carbocycles. The minimum atomic E-state index is -0.153. The van der Waals surface area contributed by atoms with Crippen LogP contribution in [0.5, 0.6) is 0 Å². The fourth-order valence-corrected chi connectivity index (χ4v) is 2.26. The molecule has 24 heavy (non-hydrogen) atoms. The Morgan fingerprint density at radius 3 is 2.62 bits per heavy atom. The normalized spacial score (nSPS) is 12.3. The van der Waals surface area contributed by atoms with E-state index in [9.17, 15) is 0 Å². The van der Waals surface area contributed by atoms with Crippen LogP contribution in [-0.4, -0.2) is 29.7 Å². The van der Waals surface area contributed by atoms with E-state index in [1.807, 2.05) is 45.0 Å². The van der Waals surface area contributed by atoms with Gasteiger partial charge in [-0.2, -0.15) is 4.98 Å². The van der Waals surface area contributed by atoms with Crippen molar-refractivity contribution in [1.82, 2.24) is 20.8 Å². The highest BCUT2D eigenvalue weighted by Gasteiger charge is 2.21. The van der Waals surface area contributed by atoms with Crippen LogP contribution in [-0.2, 0) is 18.4 Å². The molecule has 0 bridgehead atoms. The first-order valence-corrected chi connectivity index (χ1v) is 8.29. The van der Waals surface area contributed by atoms with Crippen LogP contribution in [0, 0.1) is 0 Å². The summed E-state index contributed by atoms with van der Waals surface area (Å²) in [5, 5.41) is 11.2. The molecule has 1 aromatic heterocycles. The molecule has 2 N–H and O–H groups in total. The third kappa shape index (κ3) is 5.23. The number of halogens is 1. The largest absolute Gasteiger partial charge is 0.356 e. The standard InChI is InChI=1S/C17H24ClN5O/c1-17(2,3)15-22-14(23-24-15)11-21-16(19-4)20-10-9-12-7-5-6-8-13(12)18/h5-8H,9-11H2,1-4H3,(H2,19,20,21). The zero-order valence-electron chi connectivity index (χ0n) is 14.6. The summed E-state index contributed by atoms with van der Waals surface area (Å²) in [5.41, 5.74) is 0.954. The van der Waals surface area contributed by atoms with E-state index in [-0.39, 0.29) is 5.41 Å². The molecule has 130 valence electrons. The SMILES string of the molecule is CN=C(NCCc1ccccc1Cl)NCc1noc(C(C)(C)C)n1. The molecule has 0 saturated carbocycles. The summed E-state index contributed by atoms with van der Waals surface area (Å²) >= 11 is 6.15. The second kappa shape index (κ2) is 8.15. The van der Waals surface area contributed by atoms with E-state index in [0.29, 0.717) is 24.2 Å². The first-order valence-electron chi connectivity index (χ1n) is 7.91. The van der Waals surface area contributed by atoms with E-state index in [2.05, 4.69) is 25.8 Å². The predicted octanol–water partition coefficient (Wildman–Crippen LogP) is 2.93. The lowest BCUT2D eigenvalue weighted by Crippen LogP contribution is -2.38. The second-order valence-electron chi connectivity index (χ2n) is 6.46. The molecular formula is C17H24ClN5O. The lowest BCUT2D eigenvalue weighted by atomic mass is 9.97. The van der Waals surface area contributed by atoms with Crippen LogP contribution < -0.4 is 10.6 Å². The Kier molecular flexibility index (Phi) is 6.20. The molecule has 0 fully saturated rings. The third-order valence-electron chi connectivity index (χ3n) is 3.39. The number of aliphatic imine (C=N–C) groups is 1. The van der Waals surface area contributed by atoms with Gasteiger partial charge < -0.3 is 15.2 Å². The van der Waals surface area contributed by atoms with Gasteiger partial charge in [-0.05, 0) is 18.1 Å². The van der Waals surface area contributed by atoms with Gasteiger partial charge in [0.25, 0.3) is 0 Å². The zero-order chi connectivity index (χ0) is 17.6. The minimum Gasteiger partial charge on any atom is -0.356 e. The molecule has 0 radical (unpaired) electrons. The second-order valence-corrected chi connectivity index (χ2v) is 6.87. The van der Waals surface area contributed by atoms with Crippen molar-refractivity contribution in [3.8, 4) is 0 Å². The Morgan fingerprint density at radius 1 is 1.25 bits per heavy atom. The van der Waals surface area contributed by atoms with Crippen LogP contribution in [0.3, 0.4) is 0 Å². The topological polar surface area (TPSA) is 75.3 Å². The van der Waals surface area contributed by atoms with Gasteiger partial charge in [0.1, 0.15) is 0 Å². The van der Waals surface area contributed by atoms with Crippen molar-refractivity contribution in [2.24, 2.45) is 4.99 Å². The van der Waals surface area contributed by atoms with Crippen molar-refractivity contribution in [2.75, 3.05) is 13.6 Å². The molecular weight excluding hydrogens is 326 g/mol. The summed E-state index contributed by atoms with van der Waals surface area (Å²) in [6.07, 6.45) is 0.816. The lowest BCUT2D eigenvalue weighted by Gasteiger charge is -2.11. The van der Waals surface area contributed by atoms with Crippen molar-refractivity contribution in [3.05, 3.63) is 46.6 Å². The molecule has 1 heterocycles. The van der Waals surface area contributed by atoms with Gasteiger partial charge in [-0.1, -0.05) is 55.7 Å². The van der Waals surface area contributed by atoms with Gasteiger partial charge in [0.2, 0.25) is 5.89 Å². The van der Waals surface area contributed by atoms with E-state index in [0.717, 1.165) is 23.6 Å². The molecule has 6 nitrogen and oxygen atoms in total. The van der Waals surface area contributed by atoms with Gasteiger partial charge >= 0.3 is 0 Å². The third-order valence-corrected chi connectivity index (χ3v) is 3.76. The Labute approximate surface area is 147 Å². The maximum absolute atomic E-state index is 6.15. The summed E-state index contributed by atoms with van der Waals surface area (Å²) in [6, 6.07) is 7.83. The molecule has 2 aromatic rings. The molecule has 0 amide bonds. The zero-order valence-corrected chi connectivity index (χ0v) is 15.3. The molecule has 0 aliphatic heterocycles. The average Bonchev–Trinajstić information content (AvgIpc) is 3.01. The highest BCUT2D eigenvalue weighted by molar-refractivity contribution is 6.31. The smallest absolute Gasteiger partial charge is 0.232 e. The number of rotatable bonds is 5. The van der Waals surface area contributed by atoms with Crippen LogP contribution in [0.4, 0.5) is 0 Å². The van der Waals surface area contributed by atoms with E-state index >= 15 is 0 Å². The molecule has 0 aliphatic carbocycles. The molecule has 0 atom stereocenters. The van der Waals surface area contributed by atoms with Crippen molar-refractivity contribution < 1.29 is 4.52 Å². The van der Waals surface area contributed by atoms with Gasteiger partial charge in [0, 0.05) is 24.0 Å². The van der Waals surface area contributed by atoms with E-state index in [1.54, 1.807) is 7.05 Å². The van der Waals surface area contributed by atoms with Gasteiger partial charge in [-0.3, -0.25) is 4.99 Å². The Hall–Kier alpha value is -2.08. The van der Waals surface area contributed by atoms with Crippen LogP contribution in [0.15, 0.2) is 33.8 Å². The highest BCUT2D eigenvalue weighted by Crippen LogP contribution is 2.19. The van der Waals surface area contributed by atoms with Gasteiger partial charge in [-0.15, -0.1) is 0 Å². The first-order chi connectivity index (χ1) is 11.4. The fourth-order valence-electron chi connectivity index (χ4n) is 2.03. The first kappa shape index (κ1) is 18.3. The minimum absolute atomic E-state index is 0.153. The highest BCUT2D eigenvalue weighted by atomic mass is 35.5. The monoisotopic (exact) mass is 349 g/mol. The molecule has 0 unspecified atom stereocenters. The maximum Gasteiger partial charge on any atom is 0.232 e. The number of hydrogen-bond acceptors (Lipinski definition) is 4. The summed E-state index contributed by atoms with van der Waals surface area (Å²) in [6.45, 7) is 7.28. The summed E-state index contributed by atoms with van der Waals surface area (Å²) in [5.74, 6) is 1.92. The quantitative estimate of drug-likeness (QED) is 0.641. The van der Waals surface area contributed by atoms with E-state index < -0.39 is 0 Å². The van der Waals surface area contributed by atoms with Gasteiger partial charge in [0.05, 0.1) is 6.54 Å². The van der Waals surface area contributed by atoms with Gasteiger partial charge in [0.15, 0.2) is 11.8 Å². The van der Waals surface area contributed by atoms with E-state index in [4.69, 9.17) is 16.1 Å². The van der Waals surface area contributed by atoms with Crippen molar-refractivity contribution in [2.45, 2.75) is 39.2 Å². The predicted molar refractivity (Wildman–Crippen MR) is 96.4 cm³/mol. The Bertz CT molecular complexity index is 690. The number of benzene rings is 1. The number of guanidine groups is 1. The fraction of sp³-hybridized carbons (Fsp3) is 0.471. The van der Waals surface area contributed by atoms with Crippen LogP contribution >= 0.6 is 11.6 Å². The summed E-state index contributed by atoms with van der Waals surface area (Å²) in [7, 11) is 1.72. The van der Waals surface area contributed by atoms with E-state index in [1.165, 1.54) is 0 Å². The molecule has 7 heteroatoms. The van der Waals surface area contributed by atoms with Crippen molar-refractivity contribution in [1.29, 1.82) is 0 Å². The van der Waals surface area contributed by atoms with Gasteiger partial charge in [-0.25, -0.2) is 0 Å². The number of nitrogens with one attached hydrogen (secondary N) is 2. The Morgan fingerprint density at radius 2 is 2.00 bits per heavy atom. The summed E-state index contributed by atoms with van der Waals surface area (Å²) < 4.78 is 5.27. The summed E-state index contributed by atoms with van der Waals surface area (Å²) in [4.78, 5) is 8.57. The number of nitrogens with zero attached hydrogens (tertiary/aromatic N) is 3. The maximum atomic E-state index is 6.15. The molecule has 0 spiro atoms. The van der Waals surface area contributed by atoms with Crippen molar-refractivity contribution >= 4 is 17.6 Å². The Balaban J connectivity index is 1.80. The lowest BCUT2D eigenvalue weighted by molar-refractivity contribution is 0.318. The van der Waals surface area contributed by atoms with Crippen LogP contribution in [0.2, 0.25) is 5.02 Å². The number of hydrogen-bond donors (Lipinski definition) is 2. The molecule has 2 rings (SSSR count). The van der Waals surface area contributed by atoms with Crippen molar-refractivity contribution in [3.63, 3.8) is 0 Å². The molecule has 0 aliphatic rings. The molecule has 0 saturated heterocycles. The number of aromatic nitrogens is 2.